The molecule has 1 saturated heterocycles. The van der Waals surface area contributed by atoms with E-state index in [0.29, 0.717) is 10.6 Å². The third-order valence-electron chi connectivity index (χ3n) is 6.52. The molecule has 170 valence electrons. The van der Waals surface area contributed by atoms with Crippen LogP contribution in [0.1, 0.15) is 36.2 Å². The van der Waals surface area contributed by atoms with Gasteiger partial charge in [-0.05, 0) is 60.9 Å². The number of rotatable bonds is 5. The van der Waals surface area contributed by atoms with Gasteiger partial charge in [0, 0.05) is 42.3 Å². The quantitative estimate of drug-likeness (QED) is 0.455. The van der Waals surface area contributed by atoms with Crippen LogP contribution in [0.5, 0.6) is 0 Å². The van der Waals surface area contributed by atoms with E-state index >= 15 is 0 Å². The lowest BCUT2D eigenvalue weighted by Crippen LogP contribution is -2.45. The van der Waals surface area contributed by atoms with Crippen LogP contribution in [0.4, 0.5) is 0 Å². The molecule has 0 bridgehead atoms. The Morgan fingerprint density at radius 1 is 1.09 bits per heavy atom. The van der Waals surface area contributed by atoms with Gasteiger partial charge in [-0.3, -0.25) is 9.36 Å². The van der Waals surface area contributed by atoms with Crippen molar-refractivity contribution in [2.24, 2.45) is 0 Å². The fourth-order valence-electron chi connectivity index (χ4n) is 4.90. The van der Waals surface area contributed by atoms with Crippen LogP contribution in [0.25, 0.3) is 21.8 Å². The van der Waals surface area contributed by atoms with E-state index in [1.54, 1.807) is 6.07 Å². The normalized spacial score (nSPS) is 16.3. The Kier molecular flexibility index (Phi) is 5.96. The van der Waals surface area contributed by atoms with Crippen molar-refractivity contribution in [1.29, 1.82) is 0 Å². The van der Waals surface area contributed by atoms with E-state index in [4.69, 9.17) is 11.6 Å². The van der Waals surface area contributed by atoms with Crippen molar-refractivity contribution in [3.8, 4) is 0 Å². The van der Waals surface area contributed by atoms with Crippen LogP contribution in [0.15, 0.2) is 65.5 Å². The van der Waals surface area contributed by atoms with Crippen molar-refractivity contribution in [2.75, 3.05) is 19.6 Å². The Labute approximate surface area is 197 Å². The SMILES string of the molecule is C[C@H](CN1CCC(n2c(=O)[nH]c3cc(Cl)ccc32)CC1)NC(=O)c1ccc2ccccc2c1. The summed E-state index contributed by atoms with van der Waals surface area (Å²) in [6.45, 7) is 4.59. The Bertz CT molecular complexity index is 1370. The molecule has 6 nitrogen and oxygen atoms in total. The van der Waals surface area contributed by atoms with Gasteiger partial charge in [0.05, 0.1) is 11.0 Å². The molecule has 0 unspecified atom stereocenters. The summed E-state index contributed by atoms with van der Waals surface area (Å²) in [7, 11) is 0. The highest BCUT2D eigenvalue weighted by molar-refractivity contribution is 6.31. The third kappa shape index (κ3) is 4.54. The van der Waals surface area contributed by atoms with Crippen molar-refractivity contribution < 1.29 is 4.79 Å². The molecule has 1 aliphatic rings. The van der Waals surface area contributed by atoms with Crippen LogP contribution < -0.4 is 11.0 Å². The van der Waals surface area contributed by atoms with Gasteiger partial charge in [0.1, 0.15) is 0 Å². The molecule has 7 heteroatoms. The molecule has 0 aliphatic carbocycles. The number of imidazole rings is 1. The number of amides is 1. The topological polar surface area (TPSA) is 70.1 Å². The molecule has 0 saturated carbocycles. The minimum Gasteiger partial charge on any atom is -0.348 e. The largest absolute Gasteiger partial charge is 0.348 e. The molecule has 0 radical (unpaired) electrons. The lowest BCUT2D eigenvalue weighted by atomic mass is 10.0. The predicted octanol–water partition coefficient (Wildman–Crippen LogP) is 4.59. The zero-order valence-electron chi connectivity index (χ0n) is 18.6. The van der Waals surface area contributed by atoms with Gasteiger partial charge in [-0.15, -0.1) is 0 Å². The molecular formula is C26H27ClN4O2. The van der Waals surface area contributed by atoms with Crippen molar-refractivity contribution in [3.05, 3.63) is 81.7 Å². The van der Waals surface area contributed by atoms with E-state index in [-0.39, 0.29) is 23.7 Å². The molecule has 2 N–H and O–H groups in total. The molecule has 1 fully saturated rings. The Balaban J connectivity index is 1.18. The summed E-state index contributed by atoms with van der Waals surface area (Å²) in [6, 6.07) is 19.6. The first-order chi connectivity index (χ1) is 16.0. The van der Waals surface area contributed by atoms with Crippen molar-refractivity contribution in [2.45, 2.75) is 31.8 Å². The molecular weight excluding hydrogens is 436 g/mol. The number of carbonyl (C=O) groups excluding carboxylic acids is 1. The summed E-state index contributed by atoms with van der Waals surface area (Å²) in [5.41, 5.74) is 2.28. The Hall–Kier alpha value is -3.09. The monoisotopic (exact) mass is 462 g/mol. The average molecular weight is 463 g/mol. The van der Waals surface area contributed by atoms with Crippen LogP contribution in [0.2, 0.25) is 5.02 Å². The first-order valence-electron chi connectivity index (χ1n) is 11.4. The number of hydrogen-bond acceptors (Lipinski definition) is 3. The highest BCUT2D eigenvalue weighted by Crippen LogP contribution is 2.26. The van der Waals surface area contributed by atoms with Gasteiger partial charge in [0.15, 0.2) is 0 Å². The first-order valence-corrected chi connectivity index (χ1v) is 11.8. The number of aromatic amines is 1. The lowest BCUT2D eigenvalue weighted by molar-refractivity contribution is 0.0921. The number of carbonyl (C=O) groups is 1. The summed E-state index contributed by atoms with van der Waals surface area (Å²) in [5, 5.41) is 5.94. The zero-order valence-corrected chi connectivity index (χ0v) is 19.3. The average Bonchev–Trinajstić information content (AvgIpc) is 3.13. The molecule has 0 spiro atoms. The maximum atomic E-state index is 12.8. The van der Waals surface area contributed by atoms with Gasteiger partial charge in [-0.25, -0.2) is 4.79 Å². The fraction of sp³-hybridized carbons (Fsp3) is 0.308. The molecule has 3 aromatic carbocycles. The molecule has 1 aliphatic heterocycles. The smallest absolute Gasteiger partial charge is 0.326 e. The van der Waals surface area contributed by atoms with Crippen LogP contribution in [0.3, 0.4) is 0 Å². The number of aromatic nitrogens is 2. The molecule has 33 heavy (non-hydrogen) atoms. The second-order valence-corrected chi connectivity index (χ2v) is 9.37. The highest BCUT2D eigenvalue weighted by atomic mass is 35.5. The van der Waals surface area contributed by atoms with Gasteiger partial charge in [0.25, 0.3) is 5.91 Å². The zero-order chi connectivity index (χ0) is 22.9. The van der Waals surface area contributed by atoms with Gasteiger partial charge in [0.2, 0.25) is 0 Å². The third-order valence-corrected chi connectivity index (χ3v) is 6.76. The lowest BCUT2D eigenvalue weighted by Gasteiger charge is -2.34. The second-order valence-electron chi connectivity index (χ2n) is 8.93. The van der Waals surface area contributed by atoms with E-state index in [2.05, 4.69) is 15.2 Å². The van der Waals surface area contributed by atoms with E-state index < -0.39 is 0 Å². The Morgan fingerprint density at radius 2 is 1.85 bits per heavy atom. The van der Waals surface area contributed by atoms with Crippen LogP contribution in [-0.2, 0) is 0 Å². The summed E-state index contributed by atoms with van der Waals surface area (Å²) < 4.78 is 1.87. The summed E-state index contributed by atoms with van der Waals surface area (Å²) in [4.78, 5) is 30.6. The summed E-state index contributed by atoms with van der Waals surface area (Å²) in [6.07, 6.45) is 1.78. The highest BCUT2D eigenvalue weighted by Gasteiger charge is 2.25. The number of nitrogens with one attached hydrogen (secondary N) is 2. The molecule has 1 amide bonds. The first kappa shape index (κ1) is 21.7. The second kappa shape index (κ2) is 9.04. The fourth-order valence-corrected chi connectivity index (χ4v) is 5.07. The van der Waals surface area contributed by atoms with E-state index in [1.807, 2.05) is 66.1 Å². The predicted molar refractivity (Wildman–Crippen MR) is 133 cm³/mol. The molecule has 4 aromatic rings. The minimum atomic E-state index is -0.0817. The van der Waals surface area contributed by atoms with E-state index in [0.717, 1.165) is 54.3 Å². The number of likely N-dealkylation sites (tertiary alicyclic amines) is 1. The van der Waals surface area contributed by atoms with E-state index in [1.165, 1.54) is 0 Å². The number of fused-ring (bicyclic) bond motifs is 2. The maximum absolute atomic E-state index is 12.8. The number of hydrogen-bond donors (Lipinski definition) is 2. The molecule has 1 atom stereocenters. The minimum absolute atomic E-state index is 0.0264. The number of piperidine rings is 1. The van der Waals surface area contributed by atoms with E-state index in [9.17, 15) is 9.59 Å². The van der Waals surface area contributed by atoms with Crippen LogP contribution >= 0.6 is 11.6 Å². The van der Waals surface area contributed by atoms with Crippen LogP contribution in [-0.4, -0.2) is 46.0 Å². The van der Waals surface area contributed by atoms with Gasteiger partial charge in [-0.1, -0.05) is 41.9 Å². The van der Waals surface area contributed by atoms with Crippen LogP contribution in [0, 0.1) is 0 Å². The Morgan fingerprint density at radius 3 is 2.64 bits per heavy atom. The molecule has 5 rings (SSSR count). The number of benzene rings is 3. The van der Waals surface area contributed by atoms with Crippen molar-refractivity contribution in [1.82, 2.24) is 19.8 Å². The summed E-state index contributed by atoms with van der Waals surface area (Å²) in [5.74, 6) is -0.0489. The number of nitrogens with zero attached hydrogens (tertiary/aromatic N) is 2. The maximum Gasteiger partial charge on any atom is 0.326 e. The van der Waals surface area contributed by atoms with Gasteiger partial charge >= 0.3 is 5.69 Å². The standard InChI is InChI=1S/C26H27ClN4O2/c1-17(28-25(32)20-7-6-18-4-2-3-5-19(18)14-20)16-30-12-10-22(11-13-30)31-24-9-8-21(27)15-23(24)29-26(31)33/h2-9,14-15,17,22H,10-13,16H2,1H3,(H,28,32)(H,29,33)/t17-/m1/s1. The molecule has 2 heterocycles. The number of H-pyrrole nitrogens is 1. The van der Waals surface area contributed by atoms with Crippen molar-refractivity contribution >= 4 is 39.3 Å². The summed E-state index contributed by atoms with van der Waals surface area (Å²) >= 11 is 6.07. The van der Waals surface area contributed by atoms with Crippen molar-refractivity contribution in [3.63, 3.8) is 0 Å². The molecule has 1 aromatic heterocycles. The van der Waals surface area contributed by atoms with Gasteiger partial charge < -0.3 is 15.2 Å². The van der Waals surface area contributed by atoms with Gasteiger partial charge in [-0.2, -0.15) is 0 Å². The number of halogens is 1.